The number of phenolic OH excluding ortho intramolecular Hbond substituents is 1. The molecule has 0 radical (unpaired) electrons. The lowest BCUT2D eigenvalue weighted by Gasteiger charge is -2.34. The summed E-state index contributed by atoms with van der Waals surface area (Å²) in [5, 5.41) is 17.1. The number of aromatic nitrogens is 1. The second-order valence-electron chi connectivity index (χ2n) is 7.96. The summed E-state index contributed by atoms with van der Waals surface area (Å²) >= 11 is 0. The number of hydrogen-bond donors (Lipinski definition) is 4. The Morgan fingerprint density at radius 3 is 2.61 bits per heavy atom. The third-order valence-corrected chi connectivity index (χ3v) is 5.94. The average Bonchev–Trinajstić information content (AvgIpc) is 3.36. The highest BCUT2D eigenvalue weighted by Gasteiger charge is 2.58. The number of anilines is 1. The largest absolute Gasteiger partial charge is 0.505 e. The molecule has 2 aromatic carbocycles. The molecule has 8 nitrogen and oxygen atoms in total. The van der Waals surface area contributed by atoms with Crippen LogP contribution < -0.4 is 16.1 Å². The van der Waals surface area contributed by atoms with Gasteiger partial charge in [-0.2, -0.15) is 13.2 Å². The molecule has 3 heterocycles. The first-order valence-corrected chi connectivity index (χ1v) is 10.2. The van der Waals surface area contributed by atoms with Crippen molar-refractivity contribution in [3.05, 3.63) is 59.6 Å². The molecule has 0 saturated carbocycles. The van der Waals surface area contributed by atoms with Crippen LogP contribution in [0.25, 0.3) is 16.7 Å². The van der Waals surface area contributed by atoms with Crippen molar-refractivity contribution in [2.24, 2.45) is 0 Å². The average molecular weight is 459 g/mol. The van der Waals surface area contributed by atoms with Gasteiger partial charge >= 0.3 is 6.18 Å². The summed E-state index contributed by atoms with van der Waals surface area (Å²) in [6, 6.07) is 9.34. The number of halogens is 3. The maximum Gasteiger partial charge on any atom is 0.406 e. The number of phenols is 1. The maximum atomic E-state index is 13.9. The fraction of sp³-hybridized carbons (Fsp3) is 0.273. The number of carbonyl (C=O) groups is 1. The Morgan fingerprint density at radius 2 is 1.94 bits per heavy atom. The first-order valence-electron chi connectivity index (χ1n) is 10.2. The number of fused-ring (bicyclic) bond motifs is 2. The molecule has 0 aliphatic carbocycles. The van der Waals surface area contributed by atoms with Crippen LogP contribution in [0.2, 0.25) is 0 Å². The highest BCUT2D eigenvalue weighted by molar-refractivity contribution is 6.20. The van der Waals surface area contributed by atoms with Gasteiger partial charge in [-0.05, 0) is 12.5 Å². The monoisotopic (exact) mass is 459 g/mol. The second-order valence-corrected chi connectivity index (χ2v) is 7.96. The second kappa shape index (κ2) is 7.41. The number of oxazole rings is 1. The summed E-state index contributed by atoms with van der Waals surface area (Å²) in [4.78, 5) is 17.6. The zero-order chi connectivity index (χ0) is 23.5. The number of nitrogens with one attached hydrogen (secondary N) is 3. The van der Waals surface area contributed by atoms with E-state index in [9.17, 15) is 23.1 Å². The molecule has 2 aliphatic rings. The van der Waals surface area contributed by atoms with Gasteiger partial charge < -0.3 is 20.2 Å². The van der Waals surface area contributed by atoms with E-state index < -0.39 is 30.2 Å². The summed E-state index contributed by atoms with van der Waals surface area (Å²) in [7, 11) is 1.67. The highest BCUT2D eigenvalue weighted by atomic mass is 19.4. The fourth-order valence-corrected chi connectivity index (χ4v) is 4.41. The van der Waals surface area contributed by atoms with Crippen LogP contribution in [-0.2, 0) is 4.79 Å². The lowest BCUT2D eigenvalue weighted by atomic mass is 9.89. The van der Waals surface area contributed by atoms with Gasteiger partial charge in [0.15, 0.2) is 11.1 Å². The smallest absolute Gasteiger partial charge is 0.406 e. The quantitative estimate of drug-likeness (QED) is 0.477. The van der Waals surface area contributed by atoms with E-state index in [4.69, 9.17) is 4.42 Å². The molecule has 3 atom stereocenters. The molecule has 5 rings (SSSR count). The van der Waals surface area contributed by atoms with E-state index in [-0.39, 0.29) is 28.3 Å². The molecule has 0 spiro atoms. The number of rotatable bonds is 3. The van der Waals surface area contributed by atoms with E-state index in [1.54, 1.807) is 50.4 Å². The van der Waals surface area contributed by atoms with Crippen LogP contribution in [-0.4, -0.2) is 46.4 Å². The predicted molar refractivity (Wildman–Crippen MR) is 114 cm³/mol. The van der Waals surface area contributed by atoms with Crippen molar-refractivity contribution in [3.8, 4) is 5.75 Å². The number of hydrazine groups is 1. The maximum absolute atomic E-state index is 13.9. The van der Waals surface area contributed by atoms with Crippen molar-refractivity contribution in [3.63, 3.8) is 0 Å². The molecule has 1 aromatic heterocycles. The number of benzene rings is 2. The molecular weight excluding hydrogens is 439 g/mol. The highest BCUT2D eigenvalue weighted by Crippen LogP contribution is 2.43. The number of allylic oxidation sites excluding steroid dienone is 1. The Labute approximate surface area is 186 Å². The van der Waals surface area contributed by atoms with Crippen molar-refractivity contribution in [1.82, 2.24) is 20.7 Å². The Morgan fingerprint density at radius 1 is 1.21 bits per heavy atom. The van der Waals surface area contributed by atoms with Gasteiger partial charge in [-0.3, -0.25) is 4.79 Å². The van der Waals surface area contributed by atoms with Crippen LogP contribution in [0, 0.1) is 0 Å². The summed E-state index contributed by atoms with van der Waals surface area (Å²) < 4.78 is 47.5. The van der Waals surface area contributed by atoms with Crippen molar-refractivity contribution in [2.75, 3.05) is 12.4 Å². The van der Waals surface area contributed by atoms with Crippen LogP contribution in [0.4, 0.5) is 18.9 Å². The minimum absolute atomic E-state index is 0.0185. The molecule has 172 valence electrons. The Hall–Kier alpha value is -3.73. The molecule has 1 amide bonds. The topological polar surface area (TPSA) is 103 Å². The van der Waals surface area contributed by atoms with E-state index in [1.807, 2.05) is 0 Å². The van der Waals surface area contributed by atoms with Crippen LogP contribution in [0.3, 0.4) is 0 Å². The zero-order valence-corrected chi connectivity index (χ0v) is 17.6. The Kier molecular flexibility index (Phi) is 4.74. The van der Waals surface area contributed by atoms with Crippen LogP contribution in [0.5, 0.6) is 5.75 Å². The van der Waals surface area contributed by atoms with E-state index in [0.717, 1.165) is 5.01 Å². The zero-order valence-electron chi connectivity index (χ0n) is 17.6. The van der Waals surface area contributed by atoms with Gasteiger partial charge in [0.2, 0.25) is 5.89 Å². The third-order valence-electron chi connectivity index (χ3n) is 5.94. The molecule has 33 heavy (non-hydrogen) atoms. The number of amides is 1. The number of carbonyl (C=O) groups excluding carboxylic acids is 1. The van der Waals surface area contributed by atoms with Gasteiger partial charge in [0, 0.05) is 30.6 Å². The van der Waals surface area contributed by atoms with Crippen LogP contribution >= 0.6 is 0 Å². The predicted octanol–water partition coefficient (Wildman–Crippen LogP) is 3.30. The molecule has 4 N–H and O–H groups in total. The molecule has 1 saturated heterocycles. The number of nitrogens with zero attached hydrogens (tertiary/aromatic N) is 2. The molecule has 0 bridgehead atoms. The SMILES string of the molecule is CNc1cc(O)c2nc(C3=C(C)NC4C(c5ccccc5)C(C(F)(F)F)NN4C3=O)oc2c1. The van der Waals surface area contributed by atoms with Gasteiger partial charge in [0.1, 0.15) is 23.5 Å². The van der Waals surface area contributed by atoms with Crippen molar-refractivity contribution >= 4 is 28.3 Å². The fourth-order valence-electron chi connectivity index (χ4n) is 4.41. The van der Waals surface area contributed by atoms with E-state index in [2.05, 4.69) is 21.0 Å². The van der Waals surface area contributed by atoms with Gasteiger partial charge in [-0.25, -0.2) is 15.4 Å². The van der Waals surface area contributed by atoms with Crippen LogP contribution in [0.15, 0.2) is 52.6 Å². The summed E-state index contributed by atoms with van der Waals surface area (Å²) in [5.41, 5.74) is 4.05. The van der Waals surface area contributed by atoms with E-state index in [0.29, 0.717) is 16.9 Å². The van der Waals surface area contributed by atoms with Crippen molar-refractivity contribution < 1.29 is 27.5 Å². The third kappa shape index (κ3) is 3.35. The Balaban J connectivity index is 1.58. The standard InChI is InChI=1S/C22H20F3N5O3/c1-10-15(20-28-17-13(31)8-12(26-2)9-14(17)33-20)21(32)30-19(27-10)16(11-6-4-3-5-7-11)18(29-30)22(23,24)25/h3-9,16,18-19,26-27,29,31H,1-2H3. The summed E-state index contributed by atoms with van der Waals surface area (Å²) in [6.45, 7) is 1.58. The molecule has 2 aliphatic heterocycles. The lowest BCUT2D eigenvalue weighted by Crippen LogP contribution is -2.54. The normalized spacial score (nSPS) is 23.1. The van der Waals surface area contributed by atoms with Gasteiger partial charge in [0.25, 0.3) is 5.91 Å². The Bertz CT molecular complexity index is 1270. The molecule has 1 fully saturated rings. The number of hydrogen-bond acceptors (Lipinski definition) is 7. The molecular formula is C22H20F3N5O3. The van der Waals surface area contributed by atoms with Crippen molar-refractivity contribution in [1.29, 1.82) is 0 Å². The van der Waals surface area contributed by atoms with Crippen LogP contribution in [0.1, 0.15) is 24.3 Å². The van der Waals surface area contributed by atoms with Gasteiger partial charge in [0.05, 0.1) is 5.92 Å². The summed E-state index contributed by atoms with van der Waals surface area (Å²) in [5.74, 6) is -2.03. The minimum Gasteiger partial charge on any atom is -0.505 e. The molecule has 11 heteroatoms. The number of aromatic hydroxyl groups is 1. The lowest BCUT2D eigenvalue weighted by molar-refractivity contribution is -0.161. The first kappa shape index (κ1) is 21.1. The van der Waals surface area contributed by atoms with Gasteiger partial charge in [-0.1, -0.05) is 30.3 Å². The van der Waals surface area contributed by atoms with Crippen molar-refractivity contribution in [2.45, 2.75) is 31.2 Å². The van der Waals surface area contributed by atoms with Gasteiger partial charge in [-0.15, -0.1) is 0 Å². The van der Waals surface area contributed by atoms with E-state index >= 15 is 0 Å². The first-order chi connectivity index (χ1) is 15.7. The molecule has 3 unspecified atom stereocenters. The minimum atomic E-state index is -4.60. The van der Waals surface area contributed by atoms with E-state index in [1.165, 1.54) is 6.07 Å². The number of alkyl halides is 3. The molecule has 3 aromatic rings. The summed E-state index contributed by atoms with van der Waals surface area (Å²) in [6.07, 6.45) is -5.56.